The number of hydrogen-bond donors (Lipinski definition) is 1. The van der Waals surface area contributed by atoms with Crippen LogP contribution in [0.2, 0.25) is 0 Å². The van der Waals surface area contributed by atoms with Gasteiger partial charge in [-0.25, -0.2) is 0 Å². The molecule has 2 nitrogen and oxygen atoms in total. The maximum absolute atomic E-state index is 10.6. The first-order valence-electron chi connectivity index (χ1n) is 3.01. The maximum Gasteiger partial charge on any atom is 0.146 e. The summed E-state index contributed by atoms with van der Waals surface area (Å²) in [5.41, 5.74) is 0. The first-order valence-corrected chi connectivity index (χ1v) is 3.01. The molecule has 1 unspecified atom stereocenters. The fourth-order valence-electron chi connectivity index (χ4n) is 0.991. The van der Waals surface area contributed by atoms with Crippen LogP contribution in [-0.2, 0) is 4.79 Å². The van der Waals surface area contributed by atoms with Crippen molar-refractivity contribution in [2.45, 2.75) is 13.3 Å². The topological polar surface area (TPSA) is 29.1 Å². The van der Waals surface area contributed by atoms with Gasteiger partial charge in [-0.2, -0.15) is 0 Å². The van der Waals surface area contributed by atoms with E-state index in [9.17, 15) is 4.79 Å². The first kappa shape index (κ1) is 5.76. The van der Waals surface area contributed by atoms with Gasteiger partial charge < -0.3 is 5.32 Å². The van der Waals surface area contributed by atoms with Crippen LogP contribution in [0.5, 0.6) is 0 Å². The van der Waals surface area contributed by atoms with E-state index in [0.29, 0.717) is 18.2 Å². The van der Waals surface area contributed by atoms with Crippen LogP contribution in [0.3, 0.4) is 0 Å². The molecule has 1 aliphatic heterocycles. The Kier molecular flexibility index (Phi) is 1.63. The van der Waals surface area contributed by atoms with E-state index < -0.39 is 0 Å². The van der Waals surface area contributed by atoms with Crippen molar-refractivity contribution in [2.24, 2.45) is 5.92 Å². The van der Waals surface area contributed by atoms with Crippen LogP contribution in [-0.4, -0.2) is 18.9 Å². The average Bonchev–Trinajstić information content (AvgIpc) is 1.64. The second kappa shape index (κ2) is 2.27. The molecule has 8 heavy (non-hydrogen) atoms. The van der Waals surface area contributed by atoms with Crippen molar-refractivity contribution in [3.63, 3.8) is 0 Å². The third-order valence-corrected chi connectivity index (χ3v) is 1.39. The van der Waals surface area contributed by atoms with E-state index in [0.717, 1.165) is 13.0 Å². The van der Waals surface area contributed by atoms with Crippen molar-refractivity contribution in [2.75, 3.05) is 13.1 Å². The molecule has 1 saturated heterocycles. The highest BCUT2D eigenvalue weighted by atomic mass is 16.1. The molecule has 46 valence electrons. The van der Waals surface area contributed by atoms with Gasteiger partial charge in [-0.05, 0) is 12.5 Å². The number of Topliss-reactive ketones (excluding diaryl/α,β-unsaturated/α-hetero) is 1. The molecule has 0 aliphatic carbocycles. The Balaban J connectivity index is 2.34. The number of carbonyl (C=O) groups excluding carboxylic acids is 1. The smallest absolute Gasteiger partial charge is 0.146 e. The van der Waals surface area contributed by atoms with E-state index in [1.807, 2.05) is 0 Å². The Morgan fingerprint density at radius 1 is 1.75 bits per heavy atom. The lowest BCUT2D eigenvalue weighted by Gasteiger charge is -2.16. The lowest BCUT2D eigenvalue weighted by molar-refractivity contribution is -0.120. The molecular formula is C6H11NO. The Morgan fingerprint density at radius 3 is 2.88 bits per heavy atom. The lowest BCUT2D eigenvalue weighted by atomic mass is 10.0. The number of rotatable bonds is 0. The Labute approximate surface area is 49.3 Å². The van der Waals surface area contributed by atoms with Crippen LogP contribution in [0.25, 0.3) is 0 Å². The van der Waals surface area contributed by atoms with Gasteiger partial charge >= 0.3 is 0 Å². The molecule has 0 aromatic rings. The second-order valence-electron chi connectivity index (χ2n) is 2.48. The summed E-state index contributed by atoms with van der Waals surface area (Å²) in [6.45, 7) is 3.68. The highest BCUT2D eigenvalue weighted by Crippen LogP contribution is 2.03. The molecule has 0 spiro atoms. The number of hydrogen-bond acceptors (Lipinski definition) is 2. The summed E-state index contributed by atoms with van der Waals surface area (Å²) in [4.78, 5) is 10.6. The van der Waals surface area contributed by atoms with Gasteiger partial charge in [0.15, 0.2) is 0 Å². The van der Waals surface area contributed by atoms with Gasteiger partial charge in [0.05, 0.1) is 6.54 Å². The standard InChI is InChI=1S/C6H11NO/c1-5-2-6(8)4-7-3-5/h5,7H,2-4H2,1H3. The molecular weight excluding hydrogens is 102 g/mol. The summed E-state index contributed by atoms with van der Waals surface area (Å²) in [6, 6.07) is 0. The van der Waals surface area contributed by atoms with Crippen LogP contribution < -0.4 is 5.32 Å². The summed E-state index contributed by atoms with van der Waals surface area (Å²) in [7, 11) is 0. The highest BCUT2D eigenvalue weighted by Gasteiger charge is 2.13. The quantitative estimate of drug-likeness (QED) is 0.485. The molecule has 1 atom stereocenters. The molecule has 0 aromatic heterocycles. The fraction of sp³-hybridized carbons (Fsp3) is 0.833. The van der Waals surface area contributed by atoms with Crippen molar-refractivity contribution < 1.29 is 4.79 Å². The predicted molar refractivity (Wildman–Crippen MR) is 31.7 cm³/mol. The van der Waals surface area contributed by atoms with Gasteiger partial charge in [0.1, 0.15) is 5.78 Å². The molecule has 1 fully saturated rings. The number of nitrogens with one attached hydrogen (secondary N) is 1. The van der Waals surface area contributed by atoms with Crippen LogP contribution in [0, 0.1) is 5.92 Å². The van der Waals surface area contributed by atoms with E-state index in [1.54, 1.807) is 0 Å². The monoisotopic (exact) mass is 113 g/mol. The van der Waals surface area contributed by atoms with Crippen LogP contribution in [0.4, 0.5) is 0 Å². The molecule has 1 heterocycles. The van der Waals surface area contributed by atoms with E-state index >= 15 is 0 Å². The second-order valence-corrected chi connectivity index (χ2v) is 2.48. The third-order valence-electron chi connectivity index (χ3n) is 1.39. The van der Waals surface area contributed by atoms with E-state index in [1.165, 1.54) is 0 Å². The van der Waals surface area contributed by atoms with Crippen LogP contribution >= 0.6 is 0 Å². The number of carbonyl (C=O) groups is 1. The minimum absolute atomic E-state index is 0.351. The molecule has 1 aliphatic rings. The molecule has 0 aromatic carbocycles. The summed E-state index contributed by atoms with van der Waals surface area (Å²) in [5.74, 6) is 0.903. The summed E-state index contributed by atoms with van der Waals surface area (Å²) in [6.07, 6.45) is 0.771. The normalized spacial score (nSPS) is 30.6. The van der Waals surface area contributed by atoms with Gasteiger partial charge in [-0.15, -0.1) is 0 Å². The zero-order chi connectivity index (χ0) is 5.98. The van der Waals surface area contributed by atoms with Gasteiger partial charge in [-0.3, -0.25) is 4.79 Å². The fourth-order valence-corrected chi connectivity index (χ4v) is 0.991. The van der Waals surface area contributed by atoms with Gasteiger partial charge in [0.25, 0.3) is 0 Å². The molecule has 0 radical (unpaired) electrons. The van der Waals surface area contributed by atoms with Crippen molar-refractivity contribution in [1.82, 2.24) is 5.32 Å². The van der Waals surface area contributed by atoms with Crippen LogP contribution in [0.15, 0.2) is 0 Å². The minimum atomic E-state index is 0.351. The van der Waals surface area contributed by atoms with Crippen LogP contribution in [0.1, 0.15) is 13.3 Å². The maximum atomic E-state index is 10.6. The molecule has 0 amide bonds. The lowest BCUT2D eigenvalue weighted by Crippen LogP contribution is -2.34. The van der Waals surface area contributed by atoms with Crippen molar-refractivity contribution in [1.29, 1.82) is 0 Å². The highest BCUT2D eigenvalue weighted by molar-refractivity contribution is 5.81. The predicted octanol–water partition coefficient (Wildman–Crippen LogP) is 0.185. The Bertz CT molecular complexity index is 101. The molecule has 1 N–H and O–H groups in total. The average molecular weight is 113 g/mol. The Morgan fingerprint density at radius 2 is 2.50 bits per heavy atom. The third kappa shape index (κ3) is 1.30. The zero-order valence-corrected chi connectivity index (χ0v) is 5.11. The molecule has 2 heteroatoms. The van der Waals surface area contributed by atoms with Crippen molar-refractivity contribution in [3.05, 3.63) is 0 Å². The van der Waals surface area contributed by atoms with Gasteiger partial charge in [-0.1, -0.05) is 6.92 Å². The number of ketones is 1. The molecule has 1 rings (SSSR count). The summed E-state index contributed by atoms with van der Waals surface area (Å²) >= 11 is 0. The molecule has 0 bridgehead atoms. The van der Waals surface area contributed by atoms with E-state index in [4.69, 9.17) is 0 Å². The molecule has 0 saturated carbocycles. The van der Waals surface area contributed by atoms with Gasteiger partial charge in [0.2, 0.25) is 0 Å². The summed E-state index contributed by atoms with van der Waals surface area (Å²) in [5, 5.41) is 3.03. The summed E-state index contributed by atoms with van der Waals surface area (Å²) < 4.78 is 0. The minimum Gasteiger partial charge on any atom is -0.310 e. The zero-order valence-electron chi connectivity index (χ0n) is 5.11. The SMILES string of the molecule is CC1CNCC(=O)C1. The number of piperidine rings is 1. The van der Waals surface area contributed by atoms with Gasteiger partial charge in [0, 0.05) is 6.42 Å². The first-order chi connectivity index (χ1) is 3.79. The van der Waals surface area contributed by atoms with Crippen molar-refractivity contribution >= 4 is 5.78 Å². The van der Waals surface area contributed by atoms with E-state index in [2.05, 4.69) is 12.2 Å². The van der Waals surface area contributed by atoms with Crippen molar-refractivity contribution in [3.8, 4) is 0 Å². The Hall–Kier alpha value is -0.370. The largest absolute Gasteiger partial charge is 0.310 e. The van der Waals surface area contributed by atoms with E-state index in [-0.39, 0.29) is 0 Å².